The van der Waals surface area contributed by atoms with Crippen LogP contribution in [0.3, 0.4) is 0 Å². The van der Waals surface area contributed by atoms with Gasteiger partial charge in [-0.2, -0.15) is 0 Å². The first-order valence-electron chi connectivity index (χ1n) is 8.69. The van der Waals surface area contributed by atoms with Crippen LogP contribution in [0, 0.1) is 0 Å². The molecule has 3 aromatic rings. The first-order valence-corrected chi connectivity index (χ1v) is 10.9. The van der Waals surface area contributed by atoms with E-state index in [1.54, 1.807) is 4.57 Å². The van der Waals surface area contributed by atoms with Crippen molar-refractivity contribution in [3.8, 4) is 0 Å². The number of thiophene rings is 1. The standard InChI is InChI=1S/C19H20ClN3O2S2/c1-3-14(12-5-7-13(20)8-6-12)21-16(24)11-27-19-22-15-9-10-26-17(15)18(25)23(19)4-2/h5-10,14H,3-4,11H2,1-2H3,(H,21,24). The maximum absolute atomic E-state index is 12.5. The number of benzene rings is 1. The molecule has 0 saturated carbocycles. The van der Waals surface area contributed by atoms with Gasteiger partial charge in [0, 0.05) is 11.6 Å². The minimum Gasteiger partial charge on any atom is -0.349 e. The van der Waals surface area contributed by atoms with Crippen LogP contribution >= 0.6 is 34.7 Å². The van der Waals surface area contributed by atoms with E-state index < -0.39 is 0 Å². The number of hydrogen-bond acceptors (Lipinski definition) is 5. The van der Waals surface area contributed by atoms with Crippen LogP contribution in [0.1, 0.15) is 31.9 Å². The van der Waals surface area contributed by atoms with E-state index in [-0.39, 0.29) is 23.3 Å². The molecule has 0 radical (unpaired) electrons. The van der Waals surface area contributed by atoms with Crippen LogP contribution in [0.5, 0.6) is 0 Å². The molecule has 0 aliphatic heterocycles. The fourth-order valence-electron chi connectivity index (χ4n) is 2.79. The SMILES string of the molecule is CCC(NC(=O)CSc1nc2ccsc2c(=O)n1CC)c1ccc(Cl)cc1. The number of nitrogens with one attached hydrogen (secondary N) is 1. The lowest BCUT2D eigenvalue weighted by molar-refractivity contribution is -0.119. The fourth-order valence-corrected chi connectivity index (χ4v) is 4.57. The Labute approximate surface area is 170 Å². The molecule has 8 heteroatoms. The Hall–Kier alpha value is -1.83. The summed E-state index contributed by atoms with van der Waals surface area (Å²) in [7, 11) is 0. The summed E-state index contributed by atoms with van der Waals surface area (Å²) >= 11 is 8.61. The van der Waals surface area contributed by atoms with E-state index in [0.29, 0.717) is 26.9 Å². The van der Waals surface area contributed by atoms with Crippen molar-refractivity contribution in [2.24, 2.45) is 0 Å². The van der Waals surface area contributed by atoms with Gasteiger partial charge in [-0.1, -0.05) is 42.4 Å². The van der Waals surface area contributed by atoms with Gasteiger partial charge in [0.1, 0.15) is 4.70 Å². The summed E-state index contributed by atoms with van der Waals surface area (Å²) in [6.07, 6.45) is 0.775. The molecule has 1 aromatic carbocycles. The van der Waals surface area contributed by atoms with Crippen LogP contribution in [0.2, 0.25) is 5.02 Å². The van der Waals surface area contributed by atoms with Crippen molar-refractivity contribution in [3.05, 3.63) is 56.7 Å². The molecule has 1 amide bonds. The van der Waals surface area contributed by atoms with Gasteiger partial charge in [0.05, 0.1) is 17.3 Å². The Kier molecular flexibility index (Phi) is 6.57. The Morgan fingerprint density at radius 1 is 1.30 bits per heavy atom. The van der Waals surface area contributed by atoms with Crippen molar-refractivity contribution >= 4 is 50.8 Å². The average molecular weight is 422 g/mol. The predicted molar refractivity (Wildman–Crippen MR) is 113 cm³/mol. The largest absolute Gasteiger partial charge is 0.349 e. The fraction of sp³-hybridized carbons (Fsp3) is 0.316. The second kappa shape index (κ2) is 8.91. The molecule has 1 atom stereocenters. The zero-order valence-corrected chi connectivity index (χ0v) is 17.5. The predicted octanol–water partition coefficient (Wildman–Crippen LogP) is 4.49. The van der Waals surface area contributed by atoms with E-state index >= 15 is 0 Å². The molecule has 2 aromatic heterocycles. The molecule has 0 bridgehead atoms. The van der Waals surface area contributed by atoms with Crippen molar-refractivity contribution in [1.29, 1.82) is 0 Å². The minimum atomic E-state index is -0.0934. The smallest absolute Gasteiger partial charge is 0.272 e. The molecule has 1 unspecified atom stereocenters. The van der Waals surface area contributed by atoms with Crippen LogP contribution in [-0.2, 0) is 11.3 Å². The lowest BCUT2D eigenvalue weighted by Crippen LogP contribution is -2.30. The third-order valence-electron chi connectivity index (χ3n) is 4.20. The molecule has 0 spiro atoms. The summed E-state index contributed by atoms with van der Waals surface area (Å²) in [6, 6.07) is 9.24. The summed E-state index contributed by atoms with van der Waals surface area (Å²) in [5.74, 6) is 0.107. The van der Waals surface area contributed by atoms with Gasteiger partial charge in [-0.05, 0) is 42.5 Å². The zero-order valence-electron chi connectivity index (χ0n) is 15.1. The molecular formula is C19H20ClN3O2S2. The number of hydrogen-bond donors (Lipinski definition) is 1. The Bertz CT molecular complexity index is 998. The summed E-state index contributed by atoms with van der Waals surface area (Å²) in [5, 5.41) is 6.14. The highest BCUT2D eigenvalue weighted by molar-refractivity contribution is 7.99. The van der Waals surface area contributed by atoms with E-state index in [4.69, 9.17) is 11.6 Å². The van der Waals surface area contributed by atoms with Crippen molar-refractivity contribution in [1.82, 2.24) is 14.9 Å². The maximum Gasteiger partial charge on any atom is 0.272 e. The van der Waals surface area contributed by atoms with E-state index in [0.717, 1.165) is 12.0 Å². The minimum absolute atomic E-state index is 0.0481. The van der Waals surface area contributed by atoms with E-state index in [1.807, 2.05) is 49.6 Å². The maximum atomic E-state index is 12.5. The second-order valence-corrected chi connectivity index (χ2v) is 8.24. The van der Waals surface area contributed by atoms with Gasteiger partial charge in [0.25, 0.3) is 5.56 Å². The van der Waals surface area contributed by atoms with Gasteiger partial charge < -0.3 is 5.32 Å². The van der Waals surface area contributed by atoms with E-state index in [2.05, 4.69) is 10.3 Å². The quantitative estimate of drug-likeness (QED) is 0.451. The Morgan fingerprint density at radius 3 is 2.70 bits per heavy atom. The normalized spacial score (nSPS) is 12.3. The number of halogens is 1. The first kappa shape index (κ1) is 19.9. The zero-order chi connectivity index (χ0) is 19.4. The van der Waals surface area contributed by atoms with Crippen LogP contribution in [0.15, 0.2) is 45.7 Å². The molecule has 27 heavy (non-hydrogen) atoms. The summed E-state index contributed by atoms with van der Waals surface area (Å²) in [4.78, 5) is 29.5. The summed E-state index contributed by atoms with van der Waals surface area (Å²) < 4.78 is 2.27. The third-order valence-corrected chi connectivity index (χ3v) is 6.32. The van der Waals surface area contributed by atoms with Gasteiger partial charge in [0.2, 0.25) is 5.91 Å². The molecule has 0 fully saturated rings. The van der Waals surface area contributed by atoms with Gasteiger partial charge in [-0.15, -0.1) is 11.3 Å². The van der Waals surface area contributed by atoms with Crippen LogP contribution in [0.4, 0.5) is 0 Å². The molecule has 5 nitrogen and oxygen atoms in total. The lowest BCUT2D eigenvalue weighted by atomic mass is 10.0. The highest BCUT2D eigenvalue weighted by Gasteiger charge is 2.16. The molecule has 3 rings (SSSR count). The summed E-state index contributed by atoms with van der Waals surface area (Å²) in [6.45, 7) is 4.44. The Balaban J connectivity index is 1.70. The topological polar surface area (TPSA) is 64.0 Å². The van der Waals surface area contributed by atoms with Crippen molar-refractivity contribution in [2.45, 2.75) is 38.0 Å². The van der Waals surface area contributed by atoms with Crippen LogP contribution in [-0.4, -0.2) is 21.2 Å². The second-order valence-electron chi connectivity index (χ2n) is 5.95. The number of nitrogens with zero attached hydrogens (tertiary/aromatic N) is 2. The van der Waals surface area contributed by atoms with Gasteiger partial charge in [-0.25, -0.2) is 4.98 Å². The number of carbonyl (C=O) groups is 1. The molecule has 1 N–H and O–H groups in total. The third kappa shape index (κ3) is 4.54. The van der Waals surface area contributed by atoms with Gasteiger partial charge in [-0.3, -0.25) is 14.2 Å². The van der Waals surface area contributed by atoms with Crippen molar-refractivity contribution in [2.75, 3.05) is 5.75 Å². The molecule has 2 heterocycles. The van der Waals surface area contributed by atoms with Gasteiger partial charge >= 0.3 is 0 Å². The number of fused-ring (bicyclic) bond motifs is 1. The van der Waals surface area contributed by atoms with Gasteiger partial charge in [0.15, 0.2) is 5.16 Å². The lowest BCUT2D eigenvalue weighted by Gasteiger charge is -2.17. The molecule has 0 aliphatic rings. The monoisotopic (exact) mass is 421 g/mol. The number of rotatable bonds is 7. The number of aromatic nitrogens is 2. The van der Waals surface area contributed by atoms with Crippen molar-refractivity contribution < 1.29 is 4.79 Å². The van der Waals surface area contributed by atoms with E-state index in [9.17, 15) is 9.59 Å². The summed E-state index contributed by atoms with van der Waals surface area (Å²) in [5.41, 5.74) is 1.65. The molecule has 142 valence electrons. The number of thioether (sulfide) groups is 1. The Morgan fingerprint density at radius 2 is 2.04 bits per heavy atom. The van der Waals surface area contributed by atoms with Crippen LogP contribution < -0.4 is 10.9 Å². The van der Waals surface area contributed by atoms with Crippen LogP contribution in [0.25, 0.3) is 10.2 Å². The first-order chi connectivity index (χ1) is 13.0. The number of amides is 1. The van der Waals surface area contributed by atoms with Crippen molar-refractivity contribution in [3.63, 3.8) is 0 Å². The molecular weight excluding hydrogens is 402 g/mol. The average Bonchev–Trinajstić information content (AvgIpc) is 3.14. The molecule has 0 aliphatic carbocycles. The highest BCUT2D eigenvalue weighted by Crippen LogP contribution is 2.22. The van der Waals surface area contributed by atoms with E-state index in [1.165, 1.54) is 23.1 Å². The highest BCUT2D eigenvalue weighted by atomic mass is 35.5. The molecule has 0 saturated heterocycles. The number of carbonyl (C=O) groups excluding carboxylic acids is 1.